The van der Waals surface area contributed by atoms with Gasteiger partial charge in [-0.25, -0.2) is 4.39 Å². The van der Waals surface area contributed by atoms with Crippen LogP contribution in [0.3, 0.4) is 0 Å². The normalized spacial score (nSPS) is 16.0. The summed E-state index contributed by atoms with van der Waals surface area (Å²) in [5.74, 6) is -0.936. The number of carbonyl (C=O) groups is 2. The molecule has 1 aromatic rings. The molecule has 20 heavy (non-hydrogen) atoms. The van der Waals surface area contributed by atoms with Crippen molar-refractivity contribution in [2.75, 3.05) is 18.4 Å². The summed E-state index contributed by atoms with van der Waals surface area (Å²) in [5, 5.41) is 3.08. The summed E-state index contributed by atoms with van der Waals surface area (Å²) < 4.78 is 13.7. The van der Waals surface area contributed by atoms with Crippen molar-refractivity contribution in [1.29, 1.82) is 0 Å². The molecule has 2 amide bonds. The number of benzene rings is 1. The quantitative estimate of drug-likeness (QED) is 0.877. The molecule has 0 aromatic heterocycles. The third-order valence-electron chi connectivity index (χ3n) is 3.55. The zero-order valence-electron chi connectivity index (χ0n) is 11.4. The van der Waals surface area contributed by atoms with E-state index in [-0.39, 0.29) is 23.2 Å². The van der Waals surface area contributed by atoms with E-state index in [2.05, 4.69) is 5.32 Å². The van der Waals surface area contributed by atoms with Gasteiger partial charge in [0, 0.05) is 31.6 Å². The first-order valence-electron chi connectivity index (χ1n) is 6.59. The number of hydrogen-bond donors (Lipinski definition) is 2. The summed E-state index contributed by atoms with van der Waals surface area (Å²) >= 11 is 0. The van der Waals surface area contributed by atoms with Crippen molar-refractivity contribution in [2.24, 2.45) is 5.73 Å². The topological polar surface area (TPSA) is 75.4 Å². The molecular weight excluding hydrogens is 261 g/mol. The molecule has 1 aromatic carbocycles. The van der Waals surface area contributed by atoms with Crippen LogP contribution in [-0.2, 0) is 4.79 Å². The van der Waals surface area contributed by atoms with Crippen molar-refractivity contribution in [3.63, 3.8) is 0 Å². The Labute approximate surface area is 116 Å². The largest absolute Gasteiger partial charge is 0.380 e. The second-order valence-electron chi connectivity index (χ2n) is 4.98. The Morgan fingerprint density at radius 1 is 1.35 bits per heavy atom. The van der Waals surface area contributed by atoms with Gasteiger partial charge in [0.05, 0.1) is 5.69 Å². The van der Waals surface area contributed by atoms with E-state index in [1.54, 1.807) is 11.8 Å². The van der Waals surface area contributed by atoms with Crippen LogP contribution in [0.15, 0.2) is 18.2 Å². The van der Waals surface area contributed by atoms with Gasteiger partial charge in [0.15, 0.2) is 0 Å². The van der Waals surface area contributed by atoms with Gasteiger partial charge in [-0.3, -0.25) is 9.59 Å². The van der Waals surface area contributed by atoms with Crippen LogP contribution < -0.4 is 11.1 Å². The van der Waals surface area contributed by atoms with Crippen molar-refractivity contribution >= 4 is 17.5 Å². The zero-order chi connectivity index (χ0) is 14.7. The van der Waals surface area contributed by atoms with Crippen LogP contribution in [0.2, 0.25) is 0 Å². The van der Waals surface area contributed by atoms with Crippen LogP contribution in [0.5, 0.6) is 0 Å². The van der Waals surface area contributed by atoms with Gasteiger partial charge in [-0.1, -0.05) is 0 Å². The molecule has 0 atom stereocenters. The Hall–Kier alpha value is -2.11. The number of halogens is 1. The summed E-state index contributed by atoms with van der Waals surface area (Å²) in [5.41, 5.74) is 5.74. The van der Waals surface area contributed by atoms with Crippen LogP contribution in [-0.4, -0.2) is 35.8 Å². The molecule has 0 radical (unpaired) electrons. The van der Waals surface area contributed by atoms with E-state index in [0.29, 0.717) is 13.1 Å². The zero-order valence-corrected chi connectivity index (χ0v) is 11.4. The summed E-state index contributed by atoms with van der Waals surface area (Å²) in [4.78, 5) is 24.1. The molecule has 1 saturated heterocycles. The lowest BCUT2D eigenvalue weighted by Crippen LogP contribution is -2.41. The number of piperidine rings is 1. The lowest BCUT2D eigenvalue weighted by molar-refractivity contribution is -0.129. The van der Waals surface area contributed by atoms with Crippen molar-refractivity contribution in [3.8, 4) is 0 Å². The minimum Gasteiger partial charge on any atom is -0.380 e. The Morgan fingerprint density at radius 2 is 2.00 bits per heavy atom. The fraction of sp³-hybridized carbons (Fsp3) is 0.429. The highest BCUT2D eigenvalue weighted by Crippen LogP contribution is 2.21. The molecule has 108 valence electrons. The molecular formula is C14H18FN3O2. The second-order valence-corrected chi connectivity index (χ2v) is 4.98. The smallest absolute Gasteiger partial charge is 0.248 e. The standard InChI is InChI=1S/C14H18FN3O2/c1-9(19)18-6-4-11(5-7-18)17-13-8-10(14(16)20)2-3-12(13)15/h2-3,8,11,17H,4-7H2,1H3,(H2,16,20). The van der Waals surface area contributed by atoms with Crippen LogP contribution in [0.1, 0.15) is 30.1 Å². The number of carbonyl (C=O) groups excluding carboxylic acids is 2. The minimum atomic E-state index is -0.584. The van der Waals surface area contributed by atoms with E-state index >= 15 is 0 Å². The van der Waals surface area contributed by atoms with Crippen LogP contribution >= 0.6 is 0 Å². The maximum Gasteiger partial charge on any atom is 0.248 e. The van der Waals surface area contributed by atoms with E-state index in [9.17, 15) is 14.0 Å². The molecule has 1 aliphatic rings. The molecule has 0 aliphatic carbocycles. The van der Waals surface area contributed by atoms with Gasteiger partial charge in [0.1, 0.15) is 5.82 Å². The number of nitrogens with zero attached hydrogens (tertiary/aromatic N) is 1. The van der Waals surface area contributed by atoms with Crippen molar-refractivity contribution in [1.82, 2.24) is 4.90 Å². The van der Waals surface area contributed by atoms with Gasteiger partial charge in [-0.05, 0) is 31.0 Å². The van der Waals surface area contributed by atoms with Crippen LogP contribution in [0.25, 0.3) is 0 Å². The van der Waals surface area contributed by atoms with Gasteiger partial charge >= 0.3 is 0 Å². The van der Waals surface area contributed by atoms with E-state index in [1.165, 1.54) is 18.2 Å². The number of anilines is 1. The Kier molecular flexibility index (Phi) is 4.22. The van der Waals surface area contributed by atoms with Gasteiger partial charge in [0.25, 0.3) is 0 Å². The van der Waals surface area contributed by atoms with Crippen molar-refractivity contribution in [3.05, 3.63) is 29.6 Å². The third-order valence-corrected chi connectivity index (χ3v) is 3.55. The minimum absolute atomic E-state index is 0.0605. The summed E-state index contributed by atoms with van der Waals surface area (Å²) in [7, 11) is 0. The number of likely N-dealkylation sites (tertiary alicyclic amines) is 1. The summed E-state index contributed by atoms with van der Waals surface area (Å²) in [6, 6.07) is 4.10. The monoisotopic (exact) mass is 279 g/mol. The van der Waals surface area contributed by atoms with Gasteiger partial charge < -0.3 is 16.0 Å². The number of rotatable bonds is 3. The fourth-order valence-electron chi connectivity index (χ4n) is 2.35. The second kappa shape index (κ2) is 5.90. The number of amides is 2. The predicted octanol–water partition coefficient (Wildman–Crippen LogP) is 1.35. The molecule has 6 heteroatoms. The van der Waals surface area contributed by atoms with Crippen molar-refractivity contribution < 1.29 is 14.0 Å². The van der Waals surface area contributed by atoms with Gasteiger partial charge in [-0.15, -0.1) is 0 Å². The molecule has 0 bridgehead atoms. The van der Waals surface area contributed by atoms with Gasteiger partial charge in [-0.2, -0.15) is 0 Å². The lowest BCUT2D eigenvalue weighted by Gasteiger charge is -2.32. The number of hydrogen-bond acceptors (Lipinski definition) is 3. The first kappa shape index (κ1) is 14.3. The SMILES string of the molecule is CC(=O)N1CCC(Nc2cc(C(N)=O)ccc2F)CC1. The molecule has 1 heterocycles. The lowest BCUT2D eigenvalue weighted by atomic mass is 10.0. The first-order chi connectivity index (χ1) is 9.47. The Bertz CT molecular complexity index is 525. The summed E-state index contributed by atoms with van der Waals surface area (Å²) in [6.07, 6.45) is 1.50. The van der Waals surface area contributed by atoms with Gasteiger partial charge in [0.2, 0.25) is 11.8 Å². The average molecular weight is 279 g/mol. The number of nitrogens with two attached hydrogens (primary N) is 1. The van der Waals surface area contributed by atoms with Crippen LogP contribution in [0, 0.1) is 5.82 Å². The van der Waals surface area contributed by atoms with Crippen molar-refractivity contribution in [2.45, 2.75) is 25.8 Å². The summed E-state index contributed by atoms with van der Waals surface area (Å²) in [6.45, 7) is 2.86. The predicted molar refractivity (Wildman–Crippen MR) is 73.8 cm³/mol. The molecule has 1 fully saturated rings. The van der Waals surface area contributed by atoms with E-state index in [4.69, 9.17) is 5.73 Å². The van der Waals surface area contributed by atoms with Crippen LogP contribution in [0.4, 0.5) is 10.1 Å². The molecule has 5 nitrogen and oxygen atoms in total. The van der Waals surface area contributed by atoms with E-state index in [1.807, 2.05) is 0 Å². The Morgan fingerprint density at radius 3 is 2.55 bits per heavy atom. The fourth-order valence-corrected chi connectivity index (χ4v) is 2.35. The Balaban J connectivity index is 2.02. The number of primary amides is 1. The molecule has 3 N–H and O–H groups in total. The maximum absolute atomic E-state index is 13.7. The molecule has 0 saturated carbocycles. The number of nitrogens with one attached hydrogen (secondary N) is 1. The average Bonchev–Trinajstić information content (AvgIpc) is 2.41. The molecule has 0 spiro atoms. The highest BCUT2D eigenvalue weighted by atomic mass is 19.1. The first-order valence-corrected chi connectivity index (χ1v) is 6.59. The van der Waals surface area contributed by atoms with E-state index in [0.717, 1.165) is 12.8 Å². The molecule has 2 rings (SSSR count). The maximum atomic E-state index is 13.7. The highest BCUT2D eigenvalue weighted by Gasteiger charge is 2.21. The molecule has 1 aliphatic heterocycles. The third kappa shape index (κ3) is 3.26. The highest BCUT2D eigenvalue weighted by molar-refractivity contribution is 5.93. The van der Waals surface area contributed by atoms with E-state index < -0.39 is 11.7 Å². The molecule has 0 unspecified atom stereocenters.